The summed E-state index contributed by atoms with van der Waals surface area (Å²) in [7, 11) is 0. The van der Waals surface area contributed by atoms with Crippen LogP contribution in [0.5, 0.6) is 0 Å². The lowest BCUT2D eigenvalue weighted by atomic mass is 10.2. The van der Waals surface area contributed by atoms with Gasteiger partial charge in [-0.15, -0.1) is 5.10 Å². The third kappa shape index (κ3) is 2.24. The van der Waals surface area contributed by atoms with Crippen molar-refractivity contribution in [1.82, 2.24) is 29.6 Å². The fourth-order valence-corrected chi connectivity index (χ4v) is 2.70. The van der Waals surface area contributed by atoms with Crippen molar-refractivity contribution in [3.63, 3.8) is 0 Å². The molecule has 0 saturated heterocycles. The average Bonchev–Trinajstić information content (AvgIpc) is 3.13. The van der Waals surface area contributed by atoms with Gasteiger partial charge in [-0.1, -0.05) is 0 Å². The van der Waals surface area contributed by atoms with Crippen molar-refractivity contribution in [3.8, 4) is 0 Å². The van der Waals surface area contributed by atoms with Gasteiger partial charge >= 0.3 is 0 Å². The Balaban J connectivity index is 2.28. The molecule has 1 N–H and O–H groups in total. The first-order chi connectivity index (χ1) is 10.7. The number of nitrogens with zero attached hydrogens (tertiary/aromatic N) is 6. The van der Waals surface area contributed by atoms with Crippen molar-refractivity contribution >= 4 is 16.7 Å². The molecule has 0 fully saturated rings. The molecule has 0 atom stereocenters. The summed E-state index contributed by atoms with van der Waals surface area (Å²) in [6, 6.07) is 0. The second-order valence-electron chi connectivity index (χ2n) is 5.22. The van der Waals surface area contributed by atoms with E-state index < -0.39 is 0 Å². The monoisotopic (exact) mass is 304 g/mol. The highest BCUT2D eigenvalue weighted by molar-refractivity contribution is 5.91. The van der Waals surface area contributed by atoms with Gasteiger partial charge in [-0.2, -0.15) is 4.52 Å². The number of hydrogen-bond acceptors (Lipinski definition) is 6. The Bertz CT molecular complexity index is 807. The van der Waals surface area contributed by atoms with Crippen LogP contribution in [0, 0.1) is 13.8 Å². The number of aromatic nitrogens is 6. The van der Waals surface area contributed by atoms with Gasteiger partial charge in [-0.25, -0.2) is 4.98 Å². The van der Waals surface area contributed by atoms with Gasteiger partial charge in [0.25, 0.3) is 0 Å². The summed E-state index contributed by atoms with van der Waals surface area (Å²) >= 11 is 0. The van der Waals surface area contributed by atoms with Crippen LogP contribution >= 0.6 is 0 Å². The van der Waals surface area contributed by atoms with Crippen LogP contribution in [0.25, 0.3) is 16.7 Å². The van der Waals surface area contributed by atoms with E-state index in [1.165, 1.54) is 0 Å². The number of tetrazole rings is 1. The van der Waals surface area contributed by atoms with E-state index in [4.69, 9.17) is 14.8 Å². The summed E-state index contributed by atoms with van der Waals surface area (Å²) in [5.74, 6) is 0.837. The van der Waals surface area contributed by atoms with Crippen LogP contribution in [0.3, 0.4) is 0 Å². The second kappa shape index (κ2) is 5.98. The van der Waals surface area contributed by atoms with E-state index in [-0.39, 0.29) is 6.61 Å². The first-order valence-electron chi connectivity index (χ1n) is 7.44. The SMILES string of the molecule is CCOCc1nc2c(c(C)c(C)n3nnnc23)n1CCCO. The van der Waals surface area contributed by atoms with Crippen molar-refractivity contribution in [3.05, 3.63) is 17.1 Å². The first-order valence-corrected chi connectivity index (χ1v) is 7.44. The molecule has 0 bridgehead atoms. The van der Waals surface area contributed by atoms with Gasteiger partial charge in [0.05, 0.1) is 5.52 Å². The standard InChI is InChI=1S/C14H20N6O2/c1-4-22-8-11-15-12-13(19(11)6-5-7-21)9(2)10(3)20-14(12)16-17-18-20/h21H,4-8H2,1-3H3. The number of aryl methyl sites for hydroxylation is 3. The number of aliphatic hydroxyl groups excluding tert-OH is 1. The largest absolute Gasteiger partial charge is 0.396 e. The lowest BCUT2D eigenvalue weighted by Gasteiger charge is -2.11. The predicted molar refractivity (Wildman–Crippen MR) is 80.6 cm³/mol. The lowest BCUT2D eigenvalue weighted by Crippen LogP contribution is -2.08. The van der Waals surface area contributed by atoms with E-state index in [1.807, 2.05) is 20.8 Å². The maximum Gasteiger partial charge on any atom is 0.207 e. The van der Waals surface area contributed by atoms with Crippen molar-refractivity contribution in [2.24, 2.45) is 0 Å². The van der Waals surface area contributed by atoms with Crippen LogP contribution < -0.4 is 0 Å². The Morgan fingerprint density at radius 1 is 1.27 bits per heavy atom. The fraction of sp³-hybridized carbons (Fsp3) is 0.571. The number of ether oxygens (including phenoxy) is 1. The van der Waals surface area contributed by atoms with Gasteiger partial charge in [0, 0.05) is 25.5 Å². The van der Waals surface area contributed by atoms with Crippen LogP contribution in [0.15, 0.2) is 0 Å². The van der Waals surface area contributed by atoms with E-state index in [2.05, 4.69) is 20.1 Å². The first kappa shape index (κ1) is 14.9. The van der Waals surface area contributed by atoms with Gasteiger partial charge in [0.2, 0.25) is 5.65 Å². The zero-order chi connectivity index (χ0) is 15.7. The summed E-state index contributed by atoms with van der Waals surface area (Å²) in [5.41, 5.74) is 4.52. The molecule has 22 heavy (non-hydrogen) atoms. The Labute approximate surface area is 127 Å². The van der Waals surface area contributed by atoms with Gasteiger partial charge in [0.15, 0.2) is 0 Å². The molecule has 3 heterocycles. The summed E-state index contributed by atoms with van der Waals surface area (Å²) < 4.78 is 9.35. The number of imidazole rings is 1. The summed E-state index contributed by atoms with van der Waals surface area (Å²) in [4.78, 5) is 4.70. The summed E-state index contributed by atoms with van der Waals surface area (Å²) in [6.45, 7) is 7.88. The van der Waals surface area contributed by atoms with E-state index in [0.29, 0.717) is 31.8 Å². The Morgan fingerprint density at radius 3 is 2.82 bits per heavy atom. The highest BCUT2D eigenvalue weighted by Gasteiger charge is 2.19. The highest BCUT2D eigenvalue weighted by atomic mass is 16.5. The Morgan fingerprint density at radius 2 is 2.09 bits per heavy atom. The molecule has 0 aliphatic heterocycles. The van der Waals surface area contributed by atoms with E-state index in [0.717, 1.165) is 28.1 Å². The molecule has 0 saturated carbocycles. The van der Waals surface area contributed by atoms with Gasteiger partial charge in [-0.3, -0.25) is 0 Å². The quantitative estimate of drug-likeness (QED) is 0.731. The molecule has 3 rings (SSSR count). The normalized spacial score (nSPS) is 11.8. The molecule has 0 amide bonds. The molecule has 8 heteroatoms. The average molecular weight is 304 g/mol. The van der Waals surface area contributed by atoms with Crippen LogP contribution in [-0.4, -0.2) is 47.9 Å². The minimum absolute atomic E-state index is 0.139. The van der Waals surface area contributed by atoms with Crippen molar-refractivity contribution < 1.29 is 9.84 Å². The second-order valence-corrected chi connectivity index (χ2v) is 5.22. The van der Waals surface area contributed by atoms with Crippen LogP contribution in [0.1, 0.15) is 30.4 Å². The fourth-order valence-electron chi connectivity index (χ4n) is 2.70. The molecule has 0 unspecified atom stereocenters. The van der Waals surface area contributed by atoms with Gasteiger partial charge < -0.3 is 14.4 Å². The third-order valence-corrected chi connectivity index (χ3v) is 3.92. The van der Waals surface area contributed by atoms with Crippen LogP contribution in [0.4, 0.5) is 0 Å². The molecular weight excluding hydrogens is 284 g/mol. The molecule has 3 aromatic rings. The van der Waals surface area contributed by atoms with E-state index in [1.54, 1.807) is 4.52 Å². The predicted octanol–water partition coefficient (Wildman–Crippen LogP) is 1.01. The molecule has 0 aromatic carbocycles. The number of fused-ring (bicyclic) bond motifs is 3. The molecule has 3 aromatic heterocycles. The number of aliphatic hydroxyl groups is 1. The van der Waals surface area contributed by atoms with Crippen molar-refractivity contribution in [2.75, 3.05) is 13.2 Å². The zero-order valence-corrected chi connectivity index (χ0v) is 13.1. The summed E-state index contributed by atoms with van der Waals surface area (Å²) in [5, 5.41) is 21.1. The Kier molecular flexibility index (Phi) is 4.04. The smallest absolute Gasteiger partial charge is 0.207 e. The minimum atomic E-state index is 0.139. The minimum Gasteiger partial charge on any atom is -0.396 e. The number of rotatable bonds is 6. The van der Waals surface area contributed by atoms with Crippen LogP contribution in [-0.2, 0) is 17.9 Å². The van der Waals surface area contributed by atoms with E-state index >= 15 is 0 Å². The van der Waals surface area contributed by atoms with Crippen molar-refractivity contribution in [2.45, 2.75) is 40.3 Å². The maximum absolute atomic E-state index is 9.17. The van der Waals surface area contributed by atoms with Crippen LogP contribution in [0.2, 0.25) is 0 Å². The number of pyridine rings is 1. The molecule has 0 spiro atoms. The maximum atomic E-state index is 9.17. The lowest BCUT2D eigenvalue weighted by molar-refractivity contribution is 0.125. The molecule has 0 radical (unpaired) electrons. The highest BCUT2D eigenvalue weighted by Crippen LogP contribution is 2.26. The molecule has 8 nitrogen and oxygen atoms in total. The Hall–Kier alpha value is -2.06. The molecule has 118 valence electrons. The zero-order valence-electron chi connectivity index (χ0n) is 13.1. The molecular formula is C14H20N6O2. The summed E-state index contributed by atoms with van der Waals surface area (Å²) in [6.07, 6.45) is 0.666. The molecule has 0 aliphatic rings. The van der Waals surface area contributed by atoms with Gasteiger partial charge in [-0.05, 0) is 43.2 Å². The topological polar surface area (TPSA) is 90.4 Å². The van der Waals surface area contributed by atoms with Gasteiger partial charge in [0.1, 0.15) is 17.9 Å². The van der Waals surface area contributed by atoms with E-state index in [9.17, 15) is 0 Å². The third-order valence-electron chi connectivity index (χ3n) is 3.92. The number of hydrogen-bond donors (Lipinski definition) is 1. The van der Waals surface area contributed by atoms with Crippen molar-refractivity contribution in [1.29, 1.82) is 0 Å². The molecule has 0 aliphatic carbocycles.